The summed E-state index contributed by atoms with van der Waals surface area (Å²) in [5.41, 5.74) is 2.29. The Morgan fingerprint density at radius 3 is 2.89 bits per heavy atom. The molecule has 1 fully saturated rings. The third-order valence-electron chi connectivity index (χ3n) is 4.04. The van der Waals surface area contributed by atoms with E-state index in [1.54, 1.807) is 7.11 Å². The molecule has 0 amide bonds. The van der Waals surface area contributed by atoms with Gasteiger partial charge in [0.2, 0.25) is 5.88 Å². The first kappa shape index (κ1) is 14.3. The fourth-order valence-corrected chi connectivity index (χ4v) is 2.97. The van der Waals surface area contributed by atoms with Crippen LogP contribution in [0.15, 0.2) is 0 Å². The molecule has 0 radical (unpaired) electrons. The number of ether oxygens (including phenoxy) is 1. The van der Waals surface area contributed by atoms with E-state index in [1.807, 2.05) is 11.7 Å². The van der Waals surface area contributed by atoms with Gasteiger partial charge in [-0.15, -0.1) is 0 Å². The van der Waals surface area contributed by atoms with E-state index in [-0.39, 0.29) is 0 Å². The number of hydrogen-bond donors (Lipinski definition) is 1. The minimum Gasteiger partial charge on any atom is -0.481 e. The highest BCUT2D eigenvalue weighted by atomic mass is 16.5. The molecule has 0 saturated carbocycles. The smallest absolute Gasteiger partial charge is 0.216 e. The highest BCUT2D eigenvalue weighted by Gasteiger charge is 2.23. The van der Waals surface area contributed by atoms with Crippen molar-refractivity contribution in [3.63, 3.8) is 0 Å². The molecular weight excluding hydrogens is 240 g/mol. The van der Waals surface area contributed by atoms with Gasteiger partial charge in [-0.1, -0.05) is 6.92 Å². The van der Waals surface area contributed by atoms with Crippen molar-refractivity contribution in [2.75, 3.05) is 26.7 Å². The van der Waals surface area contributed by atoms with Crippen molar-refractivity contribution >= 4 is 0 Å². The maximum absolute atomic E-state index is 5.49. The van der Waals surface area contributed by atoms with Crippen molar-refractivity contribution in [1.29, 1.82) is 0 Å². The van der Waals surface area contributed by atoms with Gasteiger partial charge in [0.15, 0.2) is 0 Å². The van der Waals surface area contributed by atoms with E-state index in [0.717, 1.165) is 37.8 Å². The molecule has 1 atom stereocenters. The minimum atomic E-state index is 0.628. The molecule has 1 unspecified atom stereocenters. The number of methoxy groups -OCH3 is 1. The van der Waals surface area contributed by atoms with Gasteiger partial charge in [-0.05, 0) is 32.9 Å². The molecule has 0 bridgehead atoms. The van der Waals surface area contributed by atoms with Gasteiger partial charge in [-0.3, -0.25) is 4.90 Å². The highest BCUT2D eigenvalue weighted by molar-refractivity contribution is 5.30. The van der Waals surface area contributed by atoms with Crippen LogP contribution in [0.1, 0.15) is 31.0 Å². The van der Waals surface area contributed by atoms with Crippen LogP contribution in [0, 0.1) is 6.92 Å². The summed E-state index contributed by atoms with van der Waals surface area (Å²) in [7, 11) is 3.66. The van der Waals surface area contributed by atoms with Crippen LogP contribution >= 0.6 is 0 Å². The maximum atomic E-state index is 5.49. The summed E-state index contributed by atoms with van der Waals surface area (Å²) in [5.74, 6) is 0.889. The van der Waals surface area contributed by atoms with E-state index < -0.39 is 0 Å². The van der Waals surface area contributed by atoms with E-state index in [0.29, 0.717) is 6.04 Å². The zero-order chi connectivity index (χ0) is 13.8. The number of likely N-dealkylation sites (N-methyl/N-ethyl adjacent to an activating group) is 1. The summed E-state index contributed by atoms with van der Waals surface area (Å²) >= 11 is 0. The molecule has 5 heteroatoms. The van der Waals surface area contributed by atoms with Crippen LogP contribution in [-0.2, 0) is 13.6 Å². The monoisotopic (exact) mass is 266 g/mol. The third kappa shape index (κ3) is 3.09. The Labute approximate surface area is 115 Å². The molecule has 0 aliphatic carbocycles. The Morgan fingerprint density at radius 1 is 1.53 bits per heavy atom. The molecule has 19 heavy (non-hydrogen) atoms. The lowest BCUT2D eigenvalue weighted by molar-refractivity contribution is 0.164. The lowest BCUT2D eigenvalue weighted by Gasteiger charge is -2.33. The van der Waals surface area contributed by atoms with Crippen LogP contribution < -0.4 is 10.1 Å². The topological polar surface area (TPSA) is 42.3 Å². The molecule has 1 saturated heterocycles. The second-order valence-corrected chi connectivity index (χ2v) is 5.26. The van der Waals surface area contributed by atoms with Gasteiger partial charge in [0.05, 0.1) is 18.4 Å². The van der Waals surface area contributed by atoms with E-state index >= 15 is 0 Å². The number of aromatic nitrogens is 2. The average Bonchev–Trinajstić information content (AvgIpc) is 2.70. The molecule has 0 spiro atoms. The van der Waals surface area contributed by atoms with E-state index in [9.17, 15) is 0 Å². The van der Waals surface area contributed by atoms with Gasteiger partial charge in [0.1, 0.15) is 0 Å². The van der Waals surface area contributed by atoms with Crippen LogP contribution in [0.25, 0.3) is 0 Å². The van der Waals surface area contributed by atoms with Gasteiger partial charge in [-0.2, -0.15) is 5.10 Å². The molecule has 5 nitrogen and oxygen atoms in total. The molecule has 1 aliphatic heterocycles. The summed E-state index contributed by atoms with van der Waals surface area (Å²) in [6, 6.07) is 0.628. The predicted octanol–water partition coefficient (Wildman–Crippen LogP) is 1.31. The first-order valence-corrected chi connectivity index (χ1v) is 7.18. The fraction of sp³-hybridized carbons (Fsp3) is 0.786. The summed E-state index contributed by atoms with van der Waals surface area (Å²) < 4.78 is 7.32. The zero-order valence-corrected chi connectivity index (χ0v) is 12.6. The Kier molecular flexibility index (Phi) is 4.82. The van der Waals surface area contributed by atoms with E-state index in [1.165, 1.54) is 18.4 Å². The minimum absolute atomic E-state index is 0.628. The van der Waals surface area contributed by atoms with Crippen LogP contribution in [0.3, 0.4) is 0 Å². The van der Waals surface area contributed by atoms with Crippen molar-refractivity contribution in [2.24, 2.45) is 7.05 Å². The van der Waals surface area contributed by atoms with Crippen LogP contribution in [0.4, 0.5) is 0 Å². The molecular formula is C14H26N4O. The van der Waals surface area contributed by atoms with Gasteiger partial charge >= 0.3 is 0 Å². The average molecular weight is 266 g/mol. The lowest BCUT2D eigenvalue weighted by atomic mass is 10.0. The SMILES string of the molecule is CCN(Cc1c(C)nn(C)c1OC)C1CCCNC1. The van der Waals surface area contributed by atoms with Crippen molar-refractivity contribution in [3.8, 4) is 5.88 Å². The first-order chi connectivity index (χ1) is 9.17. The fourth-order valence-electron chi connectivity index (χ4n) is 2.97. The second kappa shape index (κ2) is 6.39. The number of nitrogens with zero attached hydrogens (tertiary/aromatic N) is 3. The van der Waals surface area contributed by atoms with E-state index in [2.05, 4.69) is 29.2 Å². The second-order valence-electron chi connectivity index (χ2n) is 5.26. The zero-order valence-electron chi connectivity index (χ0n) is 12.6. The largest absolute Gasteiger partial charge is 0.481 e. The van der Waals surface area contributed by atoms with Crippen LogP contribution in [0.5, 0.6) is 5.88 Å². The molecule has 108 valence electrons. The molecule has 2 rings (SSSR count). The molecule has 1 aromatic rings. The van der Waals surface area contributed by atoms with Crippen molar-refractivity contribution in [1.82, 2.24) is 20.0 Å². The van der Waals surface area contributed by atoms with Crippen molar-refractivity contribution in [2.45, 2.75) is 39.3 Å². The number of nitrogens with one attached hydrogen (secondary N) is 1. The lowest BCUT2D eigenvalue weighted by Crippen LogP contribution is -2.45. The summed E-state index contributed by atoms with van der Waals surface area (Å²) in [4.78, 5) is 2.53. The van der Waals surface area contributed by atoms with Gasteiger partial charge < -0.3 is 10.1 Å². The van der Waals surface area contributed by atoms with Gasteiger partial charge in [0.25, 0.3) is 0 Å². The number of aryl methyl sites for hydroxylation is 2. The number of piperidine rings is 1. The predicted molar refractivity (Wildman–Crippen MR) is 76.5 cm³/mol. The third-order valence-corrected chi connectivity index (χ3v) is 4.04. The quantitative estimate of drug-likeness (QED) is 0.872. The number of rotatable bonds is 5. The summed E-state index contributed by atoms with van der Waals surface area (Å²) in [5, 5.41) is 7.95. The molecule has 1 aliphatic rings. The molecule has 0 aromatic carbocycles. The Hall–Kier alpha value is -1.07. The molecule has 2 heterocycles. The van der Waals surface area contributed by atoms with Crippen molar-refractivity contribution in [3.05, 3.63) is 11.3 Å². The Morgan fingerprint density at radius 2 is 2.32 bits per heavy atom. The number of hydrogen-bond acceptors (Lipinski definition) is 4. The standard InChI is InChI=1S/C14H26N4O/c1-5-18(12-7-6-8-15-9-12)10-13-11(2)16-17(3)14(13)19-4/h12,15H,5-10H2,1-4H3. The normalized spacial score (nSPS) is 19.9. The Bertz CT molecular complexity index is 410. The summed E-state index contributed by atoms with van der Waals surface area (Å²) in [6.45, 7) is 8.52. The molecule has 1 N–H and O–H groups in total. The molecule has 1 aromatic heterocycles. The van der Waals surface area contributed by atoms with Crippen LogP contribution in [-0.4, -0.2) is 47.5 Å². The maximum Gasteiger partial charge on any atom is 0.216 e. The Balaban J connectivity index is 2.13. The van der Waals surface area contributed by atoms with E-state index in [4.69, 9.17) is 4.74 Å². The first-order valence-electron chi connectivity index (χ1n) is 7.18. The van der Waals surface area contributed by atoms with Gasteiger partial charge in [-0.25, -0.2) is 4.68 Å². The van der Waals surface area contributed by atoms with Gasteiger partial charge in [0, 0.05) is 26.2 Å². The highest BCUT2D eigenvalue weighted by Crippen LogP contribution is 2.24. The van der Waals surface area contributed by atoms with Crippen LogP contribution in [0.2, 0.25) is 0 Å². The summed E-state index contributed by atoms with van der Waals surface area (Å²) in [6.07, 6.45) is 2.55. The van der Waals surface area contributed by atoms with Crippen molar-refractivity contribution < 1.29 is 4.74 Å².